The minimum atomic E-state index is -1.67. The van der Waals surface area contributed by atoms with Gasteiger partial charge in [-0.2, -0.15) is 0 Å². The van der Waals surface area contributed by atoms with Gasteiger partial charge in [0, 0.05) is 11.8 Å². The topological polar surface area (TPSA) is 95.3 Å². The van der Waals surface area contributed by atoms with E-state index in [9.17, 15) is 19.1 Å². The minimum absolute atomic E-state index is 0.282. The molecule has 0 radical (unpaired) electrons. The molecule has 2 heterocycles. The number of rotatable bonds is 2. The van der Waals surface area contributed by atoms with E-state index in [0.29, 0.717) is 0 Å². The van der Waals surface area contributed by atoms with Crippen LogP contribution >= 0.6 is 11.8 Å². The van der Waals surface area contributed by atoms with E-state index in [0.717, 1.165) is 16.3 Å². The molecule has 3 N–H and O–H groups in total. The zero-order valence-electron chi connectivity index (χ0n) is 9.54. The van der Waals surface area contributed by atoms with Gasteiger partial charge in [-0.05, 0) is 6.92 Å². The van der Waals surface area contributed by atoms with Gasteiger partial charge in [-0.1, -0.05) is 0 Å². The summed E-state index contributed by atoms with van der Waals surface area (Å²) in [7, 11) is 0. The van der Waals surface area contributed by atoms with Gasteiger partial charge in [0.15, 0.2) is 6.17 Å². The molecule has 1 fully saturated rings. The van der Waals surface area contributed by atoms with Crippen LogP contribution in [0.5, 0.6) is 0 Å². The molecule has 0 saturated carbocycles. The Morgan fingerprint density at radius 1 is 1.56 bits per heavy atom. The summed E-state index contributed by atoms with van der Waals surface area (Å²) in [6.45, 7) is 1.13. The Kier molecular flexibility index (Phi) is 3.60. The number of aromatic amines is 1. The van der Waals surface area contributed by atoms with Crippen LogP contribution in [0.2, 0.25) is 0 Å². The number of alkyl halides is 1. The van der Waals surface area contributed by atoms with Crippen LogP contribution in [0.4, 0.5) is 4.39 Å². The molecule has 0 unspecified atom stereocenters. The number of thioether (sulfide) groups is 1. The fourth-order valence-corrected chi connectivity index (χ4v) is 3.21. The van der Waals surface area contributed by atoms with Crippen LogP contribution in [-0.4, -0.2) is 43.9 Å². The van der Waals surface area contributed by atoms with Crippen LogP contribution in [0.15, 0.2) is 15.8 Å². The van der Waals surface area contributed by atoms with Crippen LogP contribution < -0.4 is 11.2 Å². The highest BCUT2D eigenvalue weighted by molar-refractivity contribution is 8.00. The van der Waals surface area contributed by atoms with Gasteiger partial charge in [-0.15, -0.1) is 11.8 Å². The second-order valence-corrected chi connectivity index (χ2v) is 5.52. The van der Waals surface area contributed by atoms with Gasteiger partial charge in [0.05, 0.1) is 11.9 Å². The summed E-state index contributed by atoms with van der Waals surface area (Å²) >= 11 is 0.975. The molecule has 0 spiro atoms. The standard InChI is InChI=1S/C10H13FN2O4S/c1-4-2-13(10(17)12-8(4)16)9-6(11)7(15)5(3-14)18-9/h2,5-7,9,14-15H,3H2,1H3,(H,12,16,17)/t5-,6-,7-,9-/m1/s1. The number of hydrogen-bond donors (Lipinski definition) is 3. The van der Waals surface area contributed by atoms with Crippen molar-refractivity contribution >= 4 is 11.8 Å². The van der Waals surface area contributed by atoms with Gasteiger partial charge in [0.25, 0.3) is 5.56 Å². The van der Waals surface area contributed by atoms with E-state index in [1.807, 2.05) is 0 Å². The molecule has 6 nitrogen and oxygen atoms in total. The van der Waals surface area contributed by atoms with Crippen molar-refractivity contribution in [1.82, 2.24) is 9.55 Å². The van der Waals surface area contributed by atoms with Crippen molar-refractivity contribution in [2.75, 3.05) is 6.61 Å². The summed E-state index contributed by atoms with van der Waals surface area (Å²) in [6, 6.07) is 0. The molecule has 0 aliphatic carbocycles. The van der Waals surface area contributed by atoms with Crippen molar-refractivity contribution in [1.29, 1.82) is 0 Å². The first kappa shape index (κ1) is 13.3. The Labute approximate surface area is 105 Å². The number of halogens is 1. The van der Waals surface area contributed by atoms with Crippen molar-refractivity contribution in [2.45, 2.75) is 29.8 Å². The average Bonchev–Trinajstić information content (AvgIpc) is 2.61. The van der Waals surface area contributed by atoms with Crippen LogP contribution in [0.25, 0.3) is 0 Å². The van der Waals surface area contributed by atoms with Crippen molar-refractivity contribution in [3.05, 3.63) is 32.6 Å². The van der Waals surface area contributed by atoms with Crippen LogP contribution in [-0.2, 0) is 0 Å². The highest BCUT2D eigenvalue weighted by Gasteiger charge is 2.44. The highest BCUT2D eigenvalue weighted by atomic mass is 32.2. The summed E-state index contributed by atoms with van der Waals surface area (Å²) in [5.74, 6) is 0. The molecular weight excluding hydrogens is 263 g/mol. The van der Waals surface area contributed by atoms with Gasteiger partial charge >= 0.3 is 5.69 Å². The molecule has 1 aliphatic rings. The van der Waals surface area contributed by atoms with Crippen molar-refractivity contribution < 1.29 is 14.6 Å². The van der Waals surface area contributed by atoms with Gasteiger partial charge < -0.3 is 10.2 Å². The number of aliphatic hydroxyl groups excluding tert-OH is 2. The summed E-state index contributed by atoms with van der Waals surface area (Å²) in [5, 5.41) is 16.9. The number of aromatic nitrogens is 2. The molecule has 0 amide bonds. The van der Waals surface area contributed by atoms with Crippen LogP contribution in [0.1, 0.15) is 10.9 Å². The van der Waals surface area contributed by atoms with E-state index in [1.54, 1.807) is 0 Å². The predicted molar refractivity (Wildman–Crippen MR) is 64.5 cm³/mol. The number of hydrogen-bond acceptors (Lipinski definition) is 5. The van der Waals surface area contributed by atoms with E-state index in [2.05, 4.69) is 4.98 Å². The van der Waals surface area contributed by atoms with Gasteiger partial charge in [-0.3, -0.25) is 14.3 Å². The molecule has 1 aromatic rings. The Bertz CT molecular complexity index is 558. The summed E-state index contributed by atoms with van der Waals surface area (Å²) < 4.78 is 14.9. The Morgan fingerprint density at radius 2 is 2.22 bits per heavy atom. The molecule has 1 aliphatic heterocycles. The van der Waals surface area contributed by atoms with Crippen molar-refractivity contribution in [3.63, 3.8) is 0 Å². The Morgan fingerprint density at radius 3 is 2.78 bits per heavy atom. The first-order chi connectivity index (χ1) is 8.45. The first-order valence-corrected chi connectivity index (χ1v) is 6.30. The SMILES string of the molecule is Cc1cn([C@@H]2S[C@H](CO)[C@@H](O)[C@H]2F)c(=O)[nH]c1=O. The highest BCUT2D eigenvalue weighted by Crippen LogP contribution is 2.42. The van der Waals surface area contributed by atoms with Crippen LogP contribution in [0, 0.1) is 6.92 Å². The molecule has 4 atom stereocenters. The summed E-state index contributed by atoms with van der Waals surface area (Å²) in [6.07, 6.45) is -1.74. The number of aliphatic hydroxyl groups is 2. The fraction of sp³-hybridized carbons (Fsp3) is 0.600. The first-order valence-electron chi connectivity index (χ1n) is 5.36. The molecule has 100 valence electrons. The van der Waals surface area contributed by atoms with Gasteiger partial charge in [-0.25, -0.2) is 9.18 Å². The number of nitrogens with zero attached hydrogens (tertiary/aromatic N) is 1. The van der Waals surface area contributed by atoms with E-state index >= 15 is 0 Å². The molecule has 2 rings (SSSR count). The molecule has 1 aromatic heterocycles. The molecular formula is C10H13FN2O4S. The lowest BCUT2D eigenvalue weighted by Crippen LogP contribution is -2.36. The number of H-pyrrole nitrogens is 1. The van der Waals surface area contributed by atoms with Gasteiger partial charge in [0.2, 0.25) is 0 Å². The van der Waals surface area contributed by atoms with E-state index < -0.39 is 34.1 Å². The fourth-order valence-electron chi connectivity index (χ4n) is 1.85. The molecule has 0 bridgehead atoms. The average molecular weight is 276 g/mol. The Balaban J connectivity index is 2.42. The maximum Gasteiger partial charge on any atom is 0.329 e. The maximum atomic E-state index is 13.9. The monoisotopic (exact) mass is 276 g/mol. The molecule has 18 heavy (non-hydrogen) atoms. The van der Waals surface area contributed by atoms with Crippen molar-refractivity contribution in [3.8, 4) is 0 Å². The van der Waals surface area contributed by atoms with E-state index in [-0.39, 0.29) is 12.2 Å². The minimum Gasteiger partial charge on any atom is -0.395 e. The second kappa shape index (κ2) is 4.87. The lowest BCUT2D eigenvalue weighted by molar-refractivity contribution is 0.0631. The zero-order chi connectivity index (χ0) is 13.4. The number of nitrogens with one attached hydrogen (secondary N) is 1. The van der Waals surface area contributed by atoms with E-state index in [1.165, 1.54) is 13.1 Å². The zero-order valence-corrected chi connectivity index (χ0v) is 10.4. The summed E-state index contributed by atoms with van der Waals surface area (Å²) in [5.41, 5.74) is -0.963. The molecule has 1 saturated heterocycles. The third kappa shape index (κ3) is 2.11. The lowest BCUT2D eigenvalue weighted by atomic mass is 10.1. The van der Waals surface area contributed by atoms with Crippen LogP contribution in [0.3, 0.4) is 0 Å². The third-order valence-corrected chi connectivity index (χ3v) is 4.44. The maximum absolute atomic E-state index is 13.9. The third-order valence-electron chi connectivity index (χ3n) is 2.89. The van der Waals surface area contributed by atoms with Crippen molar-refractivity contribution in [2.24, 2.45) is 0 Å². The summed E-state index contributed by atoms with van der Waals surface area (Å²) in [4.78, 5) is 24.9. The lowest BCUT2D eigenvalue weighted by Gasteiger charge is -2.16. The van der Waals surface area contributed by atoms with E-state index in [4.69, 9.17) is 5.11 Å². The van der Waals surface area contributed by atoms with Gasteiger partial charge in [0.1, 0.15) is 11.5 Å². The predicted octanol–water partition coefficient (Wildman–Crippen LogP) is -0.850. The second-order valence-electron chi connectivity index (χ2n) is 4.16. The number of aryl methyl sites for hydroxylation is 1. The molecule has 0 aromatic carbocycles. The Hall–Kier alpha value is -1.12. The quantitative estimate of drug-likeness (QED) is 0.654. The largest absolute Gasteiger partial charge is 0.395 e. The molecule has 8 heteroatoms. The normalized spacial score (nSPS) is 31.8. The smallest absolute Gasteiger partial charge is 0.329 e.